The zero-order valence-electron chi connectivity index (χ0n) is 14.0. The predicted octanol–water partition coefficient (Wildman–Crippen LogP) is 5.89. The number of fused-ring (bicyclic) bond motifs is 1. The smallest absolute Gasteiger partial charge is 0.345 e. The molecule has 3 aromatic rings. The second kappa shape index (κ2) is 7.43. The number of carbonyl (C=O) groups is 2. The van der Waals surface area contributed by atoms with Crippen LogP contribution in [0.1, 0.15) is 26.3 Å². The molecule has 0 aliphatic carbocycles. The highest BCUT2D eigenvalue weighted by Gasteiger charge is 2.25. The number of esters is 1. The van der Waals surface area contributed by atoms with Crippen LogP contribution in [0.25, 0.3) is 6.08 Å². The number of rotatable bonds is 3. The third-order valence-corrected chi connectivity index (χ3v) is 5.51. The number of halogens is 1. The number of allylic oxidation sites excluding steroid dienone is 1. The van der Waals surface area contributed by atoms with E-state index in [1.54, 1.807) is 48.5 Å². The molecule has 0 bridgehead atoms. The molecule has 0 atom stereocenters. The van der Waals surface area contributed by atoms with Crippen LogP contribution in [0, 0.1) is 0 Å². The quantitative estimate of drug-likeness (QED) is 0.316. The number of benzene rings is 3. The lowest BCUT2D eigenvalue weighted by Gasteiger charge is -2.09. The molecular formula is C22H13ClO3S. The van der Waals surface area contributed by atoms with Gasteiger partial charge in [-0.2, -0.15) is 0 Å². The summed E-state index contributed by atoms with van der Waals surface area (Å²) in [5, 5.41) is 0.329. The van der Waals surface area contributed by atoms with Crippen molar-refractivity contribution in [3.63, 3.8) is 0 Å². The van der Waals surface area contributed by atoms with Crippen LogP contribution in [0.5, 0.6) is 5.75 Å². The summed E-state index contributed by atoms with van der Waals surface area (Å²) in [6.07, 6.45) is 1.75. The lowest BCUT2D eigenvalue weighted by atomic mass is 10.1. The summed E-state index contributed by atoms with van der Waals surface area (Å²) in [4.78, 5) is 26.6. The Labute approximate surface area is 165 Å². The van der Waals surface area contributed by atoms with Crippen molar-refractivity contribution in [3.05, 3.63) is 99.4 Å². The van der Waals surface area contributed by atoms with Crippen molar-refractivity contribution < 1.29 is 14.3 Å². The summed E-state index contributed by atoms with van der Waals surface area (Å²) >= 11 is 7.49. The molecule has 0 spiro atoms. The van der Waals surface area contributed by atoms with E-state index in [1.165, 1.54) is 11.8 Å². The van der Waals surface area contributed by atoms with E-state index in [0.717, 1.165) is 4.90 Å². The summed E-state index contributed by atoms with van der Waals surface area (Å²) in [6.45, 7) is 0. The Kier molecular flexibility index (Phi) is 4.84. The predicted molar refractivity (Wildman–Crippen MR) is 107 cm³/mol. The van der Waals surface area contributed by atoms with Crippen LogP contribution in [0.4, 0.5) is 0 Å². The second-order valence-corrected chi connectivity index (χ2v) is 7.33. The van der Waals surface area contributed by atoms with Crippen molar-refractivity contribution in [2.24, 2.45) is 0 Å². The largest absolute Gasteiger partial charge is 0.422 e. The summed E-state index contributed by atoms with van der Waals surface area (Å²) in [6, 6.07) is 21.3. The van der Waals surface area contributed by atoms with Crippen molar-refractivity contribution >= 4 is 41.2 Å². The van der Waals surface area contributed by atoms with Crippen LogP contribution in [0.15, 0.2) is 82.6 Å². The number of thioether (sulfide) groups is 1. The van der Waals surface area contributed by atoms with Crippen molar-refractivity contribution in [3.8, 4) is 5.75 Å². The molecular weight excluding hydrogens is 380 g/mol. The highest BCUT2D eigenvalue weighted by atomic mass is 35.5. The summed E-state index contributed by atoms with van der Waals surface area (Å²) in [5.41, 5.74) is 1.64. The maximum absolute atomic E-state index is 12.6. The van der Waals surface area contributed by atoms with E-state index in [9.17, 15) is 9.59 Å². The van der Waals surface area contributed by atoms with Gasteiger partial charge in [0.2, 0.25) is 5.78 Å². The molecule has 3 aromatic carbocycles. The number of ether oxygens (including phenoxy) is 1. The second-order valence-electron chi connectivity index (χ2n) is 5.84. The Morgan fingerprint density at radius 3 is 2.44 bits per heavy atom. The van der Waals surface area contributed by atoms with Gasteiger partial charge in [-0.3, -0.25) is 4.79 Å². The van der Waals surface area contributed by atoms with E-state index < -0.39 is 5.97 Å². The van der Waals surface area contributed by atoms with Crippen LogP contribution in [0.3, 0.4) is 0 Å². The zero-order chi connectivity index (χ0) is 18.8. The normalized spacial score (nSPS) is 14.3. The summed E-state index contributed by atoms with van der Waals surface area (Å²) < 4.78 is 5.55. The molecule has 0 fully saturated rings. The third-order valence-electron chi connectivity index (χ3n) is 4.08. The lowest BCUT2D eigenvalue weighted by molar-refractivity contribution is 0.0734. The van der Waals surface area contributed by atoms with Gasteiger partial charge in [-0.15, -0.1) is 0 Å². The Morgan fingerprint density at radius 1 is 0.926 bits per heavy atom. The molecule has 132 valence electrons. The molecule has 27 heavy (non-hydrogen) atoms. The van der Waals surface area contributed by atoms with Crippen molar-refractivity contribution in [1.82, 2.24) is 0 Å². The minimum atomic E-state index is -0.542. The van der Waals surface area contributed by atoms with Crippen LogP contribution in [-0.4, -0.2) is 11.8 Å². The van der Waals surface area contributed by atoms with Crippen molar-refractivity contribution in [2.75, 3.05) is 0 Å². The van der Waals surface area contributed by atoms with Crippen molar-refractivity contribution in [1.29, 1.82) is 0 Å². The molecule has 0 saturated carbocycles. The first-order valence-corrected chi connectivity index (χ1v) is 9.42. The summed E-state index contributed by atoms with van der Waals surface area (Å²) in [5.74, 6) is -0.192. The Hall–Kier alpha value is -2.82. The van der Waals surface area contributed by atoms with Gasteiger partial charge in [0.05, 0.1) is 15.5 Å². The standard InChI is InChI=1S/C22H13ClO3S/c23-17-10-4-2-8-15(17)22(25)26-18-11-5-1-7-14(18)13-20-21(24)16-9-3-6-12-19(16)27-20/h1-13H/b20-13+. The van der Waals surface area contributed by atoms with E-state index in [4.69, 9.17) is 16.3 Å². The Balaban J connectivity index is 1.64. The van der Waals surface area contributed by atoms with E-state index in [-0.39, 0.29) is 5.78 Å². The SMILES string of the molecule is O=C(Oc1ccccc1/C=C1/Sc2ccccc2C1=O)c1ccccc1Cl. The zero-order valence-corrected chi connectivity index (χ0v) is 15.6. The molecule has 0 aromatic heterocycles. The van der Waals surface area contributed by atoms with E-state index in [1.807, 2.05) is 30.3 Å². The molecule has 1 heterocycles. The minimum absolute atomic E-state index is 0.0252. The third kappa shape index (κ3) is 3.54. The fourth-order valence-electron chi connectivity index (χ4n) is 2.75. The molecule has 0 radical (unpaired) electrons. The summed E-state index contributed by atoms with van der Waals surface area (Å²) in [7, 11) is 0. The highest BCUT2D eigenvalue weighted by Crippen LogP contribution is 2.41. The Morgan fingerprint density at radius 2 is 1.63 bits per heavy atom. The van der Waals surface area contributed by atoms with E-state index in [2.05, 4.69) is 0 Å². The topological polar surface area (TPSA) is 43.4 Å². The minimum Gasteiger partial charge on any atom is -0.422 e. The van der Waals surface area contributed by atoms with Crippen LogP contribution in [0.2, 0.25) is 5.02 Å². The van der Waals surface area contributed by atoms with Gasteiger partial charge in [-0.05, 0) is 36.4 Å². The molecule has 3 nitrogen and oxygen atoms in total. The number of carbonyl (C=O) groups excluding carboxylic acids is 2. The van der Waals surface area contributed by atoms with Crippen LogP contribution < -0.4 is 4.74 Å². The van der Waals surface area contributed by atoms with Gasteiger partial charge < -0.3 is 4.74 Å². The maximum Gasteiger partial charge on any atom is 0.345 e. The van der Waals surface area contributed by atoms with Gasteiger partial charge in [0.1, 0.15) is 5.75 Å². The van der Waals surface area contributed by atoms with E-state index >= 15 is 0 Å². The number of para-hydroxylation sites is 1. The monoisotopic (exact) mass is 392 g/mol. The number of Topliss-reactive ketones (excluding diaryl/α,β-unsaturated/α-hetero) is 1. The van der Waals surface area contributed by atoms with Crippen LogP contribution >= 0.6 is 23.4 Å². The fourth-order valence-corrected chi connectivity index (χ4v) is 4.01. The number of hydrogen-bond donors (Lipinski definition) is 0. The molecule has 5 heteroatoms. The van der Waals surface area contributed by atoms with Gasteiger partial charge in [0.15, 0.2) is 0 Å². The van der Waals surface area contributed by atoms with Gasteiger partial charge in [-0.25, -0.2) is 4.79 Å². The van der Waals surface area contributed by atoms with Crippen LogP contribution in [-0.2, 0) is 0 Å². The molecule has 0 unspecified atom stereocenters. The molecule has 0 amide bonds. The molecule has 4 rings (SSSR count). The average Bonchev–Trinajstić information content (AvgIpc) is 2.99. The van der Waals surface area contributed by atoms with Gasteiger partial charge in [0.25, 0.3) is 0 Å². The first-order valence-electron chi connectivity index (χ1n) is 8.22. The Bertz CT molecular complexity index is 1090. The van der Waals surface area contributed by atoms with E-state index in [0.29, 0.717) is 32.4 Å². The number of hydrogen-bond acceptors (Lipinski definition) is 4. The highest BCUT2D eigenvalue weighted by molar-refractivity contribution is 8.04. The lowest BCUT2D eigenvalue weighted by Crippen LogP contribution is -2.09. The first kappa shape index (κ1) is 17.6. The first-order chi connectivity index (χ1) is 13.1. The van der Waals surface area contributed by atoms with Crippen molar-refractivity contribution in [2.45, 2.75) is 4.90 Å². The van der Waals surface area contributed by atoms with Gasteiger partial charge >= 0.3 is 5.97 Å². The molecule has 0 N–H and O–H groups in total. The molecule has 1 aliphatic heterocycles. The number of ketones is 1. The average molecular weight is 393 g/mol. The van der Waals surface area contributed by atoms with Gasteiger partial charge in [-0.1, -0.05) is 65.8 Å². The maximum atomic E-state index is 12.6. The van der Waals surface area contributed by atoms with Gasteiger partial charge in [0, 0.05) is 16.0 Å². The molecule has 0 saturated heterocycles. The fraction of sp³-hybridized carbons (Fsp3) is 0. The molecule has 1 aliphatic rings.